The average molecular weight is 256 g/mol. The third kappa shape index (κ3) is 5.70. The lowest BCUT2D eigenvalue weighted by atomic mass is 10.2. The number of aliphatic carboxylic acids is 1. The van der Waals surface area contributed by atoms with Gasteiger partial charge in [0.25, 0.3) is 5.91 Å². The Balaban J connectivity index is 2.40. The molecule has 0 aliphatic heterocycles. The number of nitrogens with one attached hydrogen (secondary N) is 1. The number of hydrogen-bond acceptors (Lipinski definition) is 3. The number of carboxylic acids is 1. The van der Waals surface area contributed by atoms with Crippen molar-refractivity contribution in [2.45, 2.75) is 0 Å². The maximum atomic E-state index is 11.1. The minimum Gasteiger partial charge on any atom is -0.479 e. The van der Waals surface area contributed by atoms with Crippen molar-refractivity contribution in [3.05, 3.63) is 40.9 Å². The van der Waals surface area contributed by atoms with E-state index >= 15 is 0 Å². The minimum absolute atomic E-state index is 0.541. The van der Waals surface area contributed by atoms with Gasteiger partial charge in [0.2, 0.25) is 0 Å². The van der Waals surface area contributed by atoms with Crippen molar-refractivity contribution in [1.29, 1.82) is 0 Å². The molecule has 0 bridgehead atoms. The van der Waals surface area contributed by atoms with Crippen LogP contribution >= 0.6 is 11.6 Å². The number of hydrogen-bond donors (Lipinski definition) is 2. The molecule has 6 heteroatoms. The topological polar surface area (TPSA) is 75.6 Å². The van der Waals surface area contributed by atoms with Crippen molar-refractivity contribution in [3.8, 4) is 0 Å². The SMILES string of the molecule is O=C(O)CONC(=O)C=Cc1ccc(Cl)cc1. The molecule has 0 saturated heterocycles. The summed E-state index contributed by atoms with van der Waals surface area (Å²) in [5.74, 6) is -1.70. The van der Waals surface area contributed by atoms with Crippen LogP contribution in [0.25, 0.3) is 6.08 Å². The van der Waals surface area contributed by atoms with Gasteiger partial charge in [-0.15, -0.1) is 0 Å². The Hall–Kier alpha value is -1.85. The van der Waals surface area contributed by atoms with Gasteiger partial charge in [-0.05, 0) is 23.8 Å². The zero-order valence-electron chi connectivity index (χ0n) is 8.72. The van der Waals surface area contributed by atoms with E-state index in [9.17, 15) is 9.59 Å². The second-order valence-electron chi connectivity index (χ2n) is 3.03. The Labute approximate surface area is 103 Å². The maximum absolute atomic E-state index is 11.1. The van der Waals surface area contributed by atoms with Crippen LogP contribution in [0.3, 0.4) is 0 Å². The number of benzene rings is 1. The molecule has 1 aromatic carbocycles. The molecule has 0 heterocycles. The summed E-state index contributed by atoms with van der Waals surface area (Å²) in [7, 11) is 0. The summed E-state index contributed by atoms with van der Waals surface area (Å²) < 4.78 is 0. The molecule has 5 nitrogen and oxygen atoms in total. The van der Waals surface area contributed by atoms with Crippen molar-refractivity contribution in [1.82, 2.24) is 5.48 Å². The van der Waals surface area contributed by atoms with Gasteiger partial charge in [-0.3, -0.25) is 9.63 Å². The lowest BCUT2D eigenvalue weighted by Crippen LogP contribution is -2.24. The van der Waals surface area contributed by atoms with Gasteiger partial charge in [0.15, 0.2) is 6.61 Å². The summed E-state index contributed by atoms with van der Waals surface area (Å²) in [6.07, 6.45) is 2.78. The van der Waals surface area contributed by atoms with E-state index in [1.165, 1.54) is 6.08 Å². The van der Waals surface area contributed by atoms with Gasteiger partial charge in [-0.1, -0.05) is 23.7 Å². The van der Waals surface area contributed by atoms with E-state index in [-0.39, 0.29) is 0 Å². The minimum atomic E-state index is -1.16. The summed E-state index contributed by atoms with van der Waals surface area (Å²) in [6.45, 7) is -0.583. The van der Waals surface area contributed by atoms with E-state index in [0.717, 1.165) is 5.56 Å². The van der Waals surface area contributed by atoms with Crippen LogP contribution in [-0.2, 0) is 14.4 Å². The van der Waals surface area contributed by atoms with Gasteiger partial charge in [-0.25, -0.2) is 10.3 Å². The molecule has 0 aliphatic carbocycles. The van der Waals surface area contributed by atoms with Crippen molar-refractivity contribution in [2.75, 3.05) is 6.61 Å². The molecule has 0 aliphatic rings. The van der Waals surface area contributed by atoms with Gasteiger partial charge >= 0.3 is 5.97 Å². The van der Waals surface area contributed by atoms with Crippen LogP contribution in [0.5, 0.6) is 0 Å². The normalized spacial score (nSPS) is 10.4. The van der Waals surface area contributed by atoms with Crippen LogP contribution in [0, 0.1) is 0 Å². The summed E-state index contributed by atoms with van der Waals surface area (Å²) in [5.41, 5.74) is 2.76. The first kappa shape index (κ1) is 13.2. The predicted molar refractivity (Wildman–Crippen MR) is 62.2 cm³/mol. The molecule has 1 rings (SSSR count). The van der Waals surface area contributed by atoms with Gasteiger partial charge in [0, 0.05) is 11.1 Å². The van der Waals surface area contributed by atoms with Gasteiger partial charge < -0.3 is 5.11 Å². The molecule has 1 amide bonds. The lowest BCUT2D eigenvalue weighted by molar-refractivity contribution is -0.147. The molecule has 17 heavy (non-hydrogen) atoms. The standard InChI is InChI=1S/C11H10ClNO4/c12-9-4-1-8(2-5-9)3-6-10(14)13-17-7-11(15)16/h1-6H,7H2,(H,13,14)(H,15,16). The highest BCUT2D eigenvalue weighted by Gasteiger charge is 1.98. The zero-order chi connectivity index (χ0) is 12.7. The molecular weight excluding hydrogens is 246 g/mol. The zero-order valence-corrected chi connectivity index (χ0v) is 9.48. The Morgan fingerprint density at radius 2 is 2.00 bits per heavy atom. The fourth-order valence-electron chi connectivity index (χ4n) is 0.949. The first-order valence-corrected chi connectivity index (χ1v) is 5.03. The fraction of sp³-hybridized carbons (Fsp3) is 0.0909. The lowest BCUT2D eigenvalue weighted by Gasteiger charge is -1.99. The smallest absolute Gasteiger partial charge is 0.332 e. The Morgan fingerprint density at radius 3 is 2.59 bits per heavy atom. The predicted octanol–water partition coefficient (Wildman–Crippen LogP) is 1.49. The van der Waals surface area contributed by atoms with Crippen LogP contribution in [0.4, 0.5) is 0 Å². The molecule has 0 radical (unpaired) electrons. The number of rotatable bonds is 5. The fourth-order valence-corrected chi connectivity index (χ4v) is 1.07. The molecule has 1 aromatic rings. The molecule has 90 valence electrons. The van der Waals surface area contributed by atoms with E-state index in [0.29, 0.717) is 5.02 Å². The summed E-state index contributed by atoms with van der Waals surface area (Å²) >= 11 is 5.69. The first-order valence-electron chi connectivity index (χ1n) is 4.65. The molecule has 0 spiro atoms. The molecule has 0 saturated carbocycles. The van der Waals surface area contributed by atoms with Crippen molar-refractivity contribution in [3.63, 3.8) is 0 Å². The second-order valence-corrected chi connectivity index (χ2v) is 3.47. The van der Waals surface area contributed by atoms with Crippen LogP contribution < -0.4 is 5.48 Å². The Kier molecular flexibility index (Phi) is 5.19. The van der Waals surface area contributed by atoms with E-state index < -0.39 is 18.5 Å². The molecule has 0 atom stereocenters. The highest BCUT2D eigenvalue weighted by molar-refractivity contribution is 6.30. The number of carbonyl (C=O) groups excluding carboxylic acids is 1. The van der Waals surface area contributed by atoms with E-state index in [2.05, 4.69) is 4.84 Å². The monoisotopic (exact) mass is 255 g/mol. The van der Waals surface area contributed by atoms with Crippen LogP contribution in [-0.4, -0.2) is 23.6 Å². The molecule has 0 aromatic heterocycles. The quantitative estimate of drug-likeness (QED) is 0.617. The van der Waals surface area contributed by atoms with Gasteiger partial charge in [0.1, 0.15) is 0 Å². The van der Waals surface area contributed by atoms with Crippen LogP contribution in [0.15, 0.2) is 30.3 Å². The second kappa shape index (κ2) is 6.67. The van der Waals surface area contributed by atoms with E-state index in [1.807, 2.05) is 5.48 Å². The van der Waals surface area contributed by atoms with Gasteiger partial charge in [0.05, 0.1) is 0 Å². The van der Waals surface area contributed by atoms with E-state index in [4.69, 9.17) is 16.7 Å². The molecule has 2 N–H and O–H groups in total. The van der Waals surface area contributed by atoms with Crippen LogP contribution in [0.2, 0.25) is 5.02 Å². The first-order chi connectivity index (χ1) is 8.08. The Morgan fingerprint density at radius 1 is 1.35 bits per heavy atom. The van der Waals surface area contributed by atoms with Crippen molar-refractivity contribution < 1.29 is 19.5 Å². The number of halogens is 1. The third-order valence-electron chi connectivity index (χ3n) is 1.67. The van der Waals surface area contributed by atoms with E-state index in [1.54, 1.807) is 30.3 Å². The molecular formula is C11H10ClNO4. The third-order valence-corrected chi connectivity index (χ3v) is 1.92. The Bertz CT molecular complexity index is 428. The molecule has 0 fully saturated rings. The summed E-state index contributed by atoms with van der Waals surface area (Å²) in [5, 5.41) is 8.86. The van der Waals surface area contributed by atoms with Crippen molar-refractivity contribution in [2.24, 2.45) is 0 Å². The number of carbonyl (C=O) groups is 2. The average Bonchev–Trinajstić information content (AvgIpc) is 2.28. The molecule has 0 unspecified atom stereocenters. The highest BCUT2D eigenvalue weighted by Crippen LogP contribution is 2.10. The van der Waals surface area contributed by atoms with Gasteiger partial charge in [-0.2, -0.15) is 0 Å². The largest absolute Gasteiger partial charge is 0.479 e. The summed E-state index contributed by atoms with van der Waals surface area (Å²) in [6, 6.07) is 6.87. The van der Waals surface area contributed by atoms with Crippen molar-refractivity contribution >= 4 is 29.6 Å². The highest BCUT2D eigenvalue weighted by atomic mass is 35.5. The van der Waals surface area contributed by atoms with Crippen LogP contribution in [0.1, 0.15) is 5.56 Å². The summed E-state index contributed by atoms with van der Waals surface area (Å²) in [4.78, 5) is 25.6. The number of amides is 1. The maximum Gasteiger partial charge on any atom is 0.332 e. The number of carboxylic acid groups (broad SMARTS) is 1. The number of hydroxylamine groups is 1.